The summed E-state index contributed by atoms with van der Waals surface area (Å²) < 4.78 is 30.6. The number of nitrogen functional groups attached to an aromatic ring is 1. The second kappa shape index (κ2) is 5.99. The van der Waals surface area contributed by atoms with E-state index in [1.165, 1.54) is 30.5 Å². The summed E-state index contributed by atoms with van der Waals surface area (Å²) >= 11 is 0. The number of ether oxygens (including phenoxy) is 1. The van der Waals surface area contributed by atoms with Gasteiger partial charge >= 0.3 is 0 Å². The maximum atomic E-state index is 12.1. The van der Waals surface area contributed by atoms with Gasteiger partial charge in [0.05, 0.1) is 21.9 Å². The molecule has 1 aromatic carbocycles. The summed E-state index contributed by atoms with van der Waals surface area (Å²) in [6, 6.07) is 4.62. The summed E-state index contributed by atoms with van der Waals surface area (Å²) in [4.78, 5) is 0.203. The molecule has 0 fully saturated rings. The predicted molar refractivity (Wildman–Crippen MR) is 81.3 cm³/mol. The summed E-state index contributed by atoms with van der Waals surface area (Å²) in [5.41, 5.74) is 6.57. The van der Waals surface area contributed by atoms with Crippen molar-refractivity contribution in [3.05, 3.63) is 18.2 Å². The third kappa shape index (κ3) is 3.84. The summed E-state index contributed by atoms with van der Waals surface area (Å²) in [5, 5.41) is 3.12. The van der Waals surface area contributed by atoms with Gasteiger partial charge in [0, 0.05) is 27.7 Å². The van der Waals surface area contributed by atoms with Crippen molar-refractivity contribution in [3.63, 3.8) is 0 Å². The lowest BCUT2D eigenvalue weighted by molar-refractivity contribution is 0.0344. The van der Waals surface area contributed by atoms with Crippen molar-refractivity contribution in [2.75, 3.05) is 38.8 Å². The number of nitrogens with two attached hydrogens (primary N) is 1. The Labute approximate surface area is 121 Å². The van der Waals surface area contributed by atoms with Crippen molar-refractivity contribution in [1.29, 1.82) is 0 Å². The Morgan fingerprint density at radius 2 is 1.95 bits per heavy atom. The maximum absolute atomic E-state index is 12.1. The summed E-state index contributed by atoms with van der Waals surface area (Å²) in [5.74, 6) is 0. The van der Waals surface area contributed by atoms with Gasteiger partial charge < -0.3 is 15.8 Å². The average Bonchev–Trinajstić information content (AvgIpc) is 2.37. The Morgan fingerprint density at radius 3 is 2.45 bits per heavy atom. The largest absolute Gasteiger partial charge is 0.397 e. The molecule has 0 saturated heterocycles. The van der Waals surface area contributed by atoms with Crippen LogP contribution >= 0.6 is 0 Å². The normalized spacial score (nSPS) is 12.7. The molecule has 6 nitrogen and oxygen atoms in total. The average molecular weight is 301 g/mol. The van der Waals surface area contributed by atoms with Crippen LogP contribution in [0.4, 0.5) is 11.4 Å². The number of hydrogen-bond donors (Lipinski definition) is 2. The lowest BCUT2D eigenvalue weighted by Crippen LogP contribution is -2.32. The van der Waals surface area contributed by atoms with Crippen molar-refractivity contribution in [2.24, 2.45) is 0 Å². The third-order valence-corrected chi connectivity index (χ3v) is 4.87. The van der Waals surface area contributed by atoms with Crippen LogP contribution in [-0.4, -0.2) is 46.1 Å². The van der Waals surface area contributed by atoms with Crippen LogP contribution in [0.1, 0.15) is 13.8 Å². The molecule has 20 heavy (non-hydrogen) atoms. The first-order valence-electron chi connectivity index (χ1n) is 6.21. The first-order chi connectivity index (χ1) is 9.10. The quantitative estimate of drug-likeness (QED) is 0.775. The van der Waals surface area contributed by atoms with Crippen molar-refractivity contribution in [1.82, 2.24) is 4.31 Å². The van der Waals surface area contributed by atoms with Crippen LogP contribution in [-0.2, 0) is 14.8 Å². The molecule has 7 heteroatoms. The van der Waals surface area contributed by atoms with E-state index in [0.717, 1.165) is 0 Å². The molecule has 0 bridgehead atoms. The van der Waals surface area contributed by atoms with Crippen molar-refractivity contribution < 1.29 is 13.2 Å². The van der Waals surface area contributed by atoms with Gasteiger partial charge in [-0.2, -0.15) is 0 Å². The summed E-state index contributed by atoms with van der Waals surface area (Å²) in [7, 11) is 1.14. The van der Waals surface area contributed by atoms with Gasteiger partial charge in [0.25, 0.3) is 0 Å². The standard InChI is InChI=1S/C13H23N3O3S/c1-13(2,19-5)9-15-12-8-10(6-7-11(12)14)20(17,18)16(3)4/h6-8,15H,9,14H2,1-5H3. The molecule has 0 aliphatic heterocycles. The lowest BCUT2D eigenvalue weighted by atomic mass is 10.1. The molecule has 0 aromatic heterocycles. The van der Waals surface area contributed by atoms with Gasteiger partial charge in [0.2, 0.25) is 10.0 Å². The highest BCUT2D eigenvalue weighted by Gasteiger charge is 2.20. The van der Waals surface area contributed by atoms with Gasteiger partial charge in [0.1, 0.15) is 0 Å². The first kappa shape index (κ1) is 16.7. The van der Waals surface area contributed by atoms with E-state index in [2.05, 4.69) is 5.32 Å². The molecule has 0 aliphatic carbocycles. The minimum absolute atomic E-state index is 0.203. The molecule has 0 amide bonds. The smallest absolute Gasteiger partial charge is 0.242 e. The first-order valence-corrected chi connectivity index (χ1v) is 7.65. The van der Waals surface area contributed by atoms with Crippen molar-refractivity contribution in [3.8, 4) is 0 Å². The highest BCUT2D eigenvalue weighted by Crippen LogP contribution is 2.25. The van der Waals surface area contributed by atoms with E-state index in [0.29, 0.717) is 17.9 Å². The molecule has 0 atom stereocenters. The van der Waals surface area contributed by atoms with Gasteiger partial charge in [0.15, 0.2) is 0 Å². The number of nitrogens with one attached hydrogen (secondary N) is 1. The van der Waals surface area contributed by atoms with E-state index in [1.807, 2.05) is 13.8 Å². The van der Waals surface area contributed by atoms with Gasteiger partial charge in [-0.05, 0) is 32.0 Å². The minimum Gasteiger partial charge on any atom is -0.397 e. The monoisotopic (exact) mass is 301 g/mol. The molecular formula is C13H23N3O3S. The van der Waals surface area contributed by atoms with E-state index in [4.69, 9.17) is 10.5 Å². The second-order valence-corrected chi connectivity index (χ2v) is 7.51. The number of methoxy groups -OCH3 is 1. The molecule has 1 rings (SSSR count). The molecule has 3 N–H and O–H groups in total. The molecule has 0 radical (unpaired) electrons. The molecule has 0 heterocycles. The fourth-order valence-corrected chi connectivity index (χ4v) is 2.37. The van der Waals surface area contributed by atoms with Crippen LogP contribution in [0.5, 0.6) is 0 Å². The number of hydrogen-bond acceptors (Lipinski definition) is 5. The Balaban J connectivity index is 3.05. The van der Waals surface area contributed by atoms with E-state index in [9.17, 15) is 8.42 Å². The van der Waals surface area contributed by atoms with Gasteiger partial charge in [-0.1, -0.05) is 0 Å². The molecular weight excluding hydrogens is 278 g/mol. The van der Waals surface area contributed by atoms with E-state index in [-0.39, 0.29) is 10.5 Å². The van der Waals surface area contributed by atoms with Gasteiger partial charge in [-0.25, -0.2) is 12.7 Å². The maximum Gasteiger partial charge on any atom is 0.242 e. The number of rotatable bonds is 6. The van der Waals surface area contributed by atoms with Crippen LogP contribution in [0.15, 0.2) is 23.1 Å². The number of benzene rings is 1. The SMILES string of the molecule is COC(C)(C)CNc1cc(S(=O)(=O)N(C)C)ccc1N. The molecule has 1 aromatic rings. The predicted octanol–water partition coefficient (Wildman–Crippen LogP) is 1.36. The zero-order valence-corrected chi connectivity index (χ0v) is 13.4. The highest BCUT2D eigenvalue weighted by atomic mass is 32.2. The number of anilines is 2. The van der Waals surface area contributed by atoms with Crippen LogP contribution in [0.2, 0.25) is 0 Å². The zero-order valence-electron chi connectivity index (χ0n) is 12.6. The van der Waals surface area contributed by atoms with Gasteiger partial charge in [-0.15, -0.1) is 0 Å². The zero-order chi connectivity index (χ0) is 15.6. The van der Waals surface area contributed by atoms with Crippen LogP contribution in [0.3, 0.4) is 0 Å². The van der Waals surface area contributed by atoms with Crippen LogP contribution in [0.25, 0.3) is 0 Å². The minimum atomic E-state index is -3.47. The fraction of sp³-hybridized carbons (Fsp3) is 0.538. The Bertz CT molecular complexity index is 568. The topological polar surface area (TPSA) is 84.7 Å². The molecule has 0 spiro atoms. The third-order valence-electron chi connectivity index (χ3n) is 3.06. The summed E-state index contributed by atoms with van der Waals surface area (Å²) in [6.07, 6.45) is 0. The molecule has 0 saturated carbocycles. The van der Waals surface area contributed by atoms with E-state index < -0.39 is 10.0 Å². The Morgan fingerprint density at radius 1 is 1.35 bits per heavy atom. The number of nitrogens with zero attached hydrogens (tertiary/aromatic N) is 1. The van der Waals surface area contributed by atoms with Crippen LogP contribution < -0.4 is 11.1 Å². The molecule has 114 valence electrons. The second-order valence-electron chi connectivity index (χ2n) is 5.35. The number of sulfonamides is 1. The summed E-state index contributed by atoms with van der Waals surface area (Å²) in [6.45, 7) is 4.37. The fourth-order valence-electron chi connectivity index (χ4n) is 1.44. The van der Waals surface area contributed by atoms with Crippen LogP contribution in [0, 0.1) is 0 Å². The lowest BCUT2D eigenvalue weighted by Gasteiger charge is -2.24. The molecule has 0 aliphatic rings. The highest BCUT2D eigenvalue weighted by molar-refractivity contribution is 7.89. The van der Waals surface area contributed by atoms with E-state index >= 15 is 0 Å². The molecule has 0 unspecified atom stereocenters. The Kier molecular flexibility index (Phi) is 5.01. The van der Waals surface area contributed by atoms with E-state index in [1.54, 1.807) is 13.2 Å². The van der Waals surface area contributed by atoms with Gasteiger partial charge in [-0.3, -0.25) is 0 Å². The van der Waals surface area contributed by atoms with Crippen molar-refractivity contribution in [2.45, 2.75) is 24.3 Å². The van der Waals surface area contributed by atoms with Crippen molar-refractivity contribution >= 4 is 21.4 Å². The Hall–Kier alpha value is -1.31.